The van der Waals surface area contributed by atoms with Crippen molar-refractivity contribution in [3.8, 4) is 5.75 Å². The van der Waals surface area contributed by atoms with Crippen LogP contribution < -0.4 is 4.74 Å². The van der Waals surface area contributed by atoms with Crippen molar-refractivity contribution in [3.63, 3.8) is 0 Å². The van der Waals surface area contributed by atoms with Gasteiger partial charge in [-0.15, -0.1) is 0 Å². The van der Waals surface area contributed by atoms with Crippen molar-refractivity contribution in [1.82, 2.24) is 9.80 Å². The van der Waals surface area contributed by atoms with E-state index in [0.717, 1.165) is 57.5 Å². The summed E-state index contributed by atoms with van der Waals surface area (Å²) >= 11 is 0. The highest BCUT2D eigenvalue weighted by Crippen LogP contribution is 2.33. The molecule has 2 amide bonds. The first kappa shape index (κ1) is 18.3. The number of para-hydroxylation sites is 1. The Kier molecular flexibility index (Phi) is 5.65. The van der Waals surface area contributed by atoms with Crippen molar-refractivity contribution < 1.29 is 14.3 Å². The van der Waals surface area contributed by atoms with Gasteiger partial charge in [0.05, 0.1) is 6.61 Å². The normalized spacial score (nSPS) is 25.0. The summed E-state index contributed by atoms with van der Waals surface area (Å²) < 4.78 is 5.70. The molecule has 1 aliphatic carbocycles. The van der Waals surface area contributed by atoms with E-state index in [4.69, 9.17) is 4.74 Å². The molecule has 3 saturated heterocycles. The highest BCUT2D eigenvalue weighted by atomic mass is 16.5. The van der Waals surface area contributed by atoms with Gasteiger partial charge >= 0.3 is 0 Å². The van der Waals surface area contributed by atoms with Crippen molar-refractivity contribution in [1.29, 1.82) is 0 Å². The topological polar surface area (TPSA) is 49.9 Å². The molecule has 2 atom stereocenters. The largest absolute Gasteiger partial charge is 0.494 e. The van der Waals surface area contributed by atoms with E-state index in [9.17, 15) is 9.59 Å². The van der Waals surface area contributed by atoms with Crippen LogP contribution in [0.5, 0.6) is 5.75 Å². The van der Waals surface area contributed by atoms with Gasteiger partial charge in [0.1, 0.15) is 5.75 Å². The minimum Gasteiger partial charge on any atom is -0.494 e. The molecule has 0 unspecified atom stereocenters. The Morgan fingerprint density at radius 3 is 2.56 bits per heavy atom. The summed E-state index contributed by atoms with van der Waals surface area (Å²) in [5.74, 6) is 2.10. The van der Waals surface area contributed by atoms with E-state index in [1.165, 1.54) is 6.42 Å². The van der Waals surface area contributed by atoms with Gasteiger partial charge < -0.3 is 14.5 Å². The standard InChI is InChI=1S/C22H30N2O3/c25-21(10-5-13-27-20-8-2-1-3-9-20)24-15-17-11-12-19(24)16-23(14-17)22(26)18-6-4-7-18/h1-3,8-9,17-19H,4-7,10-16H2/t17-,19+/m1/s1. The molecule has 3 aliphatic heterocycles. The second-order valence-corrected chi connectivity index (χ2v) is 8.28. The summed E-state index contributed by atoms with van der Waals surface area (Å²) in [5, 5.41) is 0. The fourth-order valence-electron chi connectivity index (χ4n) is 4.55. The lowest BCUT2D eigenvalue weighted by Gasteiger charge is -2.36. The van der Waals surface area contributed by atoms with Crippen LogP contribution in [0.1, 0.15) is 44.9 Å². The van der Waals surface area contributed by atoms with Gasteiger partial charge in [0.25, 0.3) is 0 Å². The Labute approximate surface area is 161 Å². The van der Waals surface area contributed by atoms with E-state index in [2.05, 4.69) is 9.80 Å². The molecule has 0 spiro atoms. The Morgan fingerprint density at radius 1 is 1.00 bits per heavy atom. The molecule has 1 saturated carbocycles. The predicted molar refractivity (Wildman–Crippen MR) is 103 cm³/mol. The number of hydrogen-bond acceptors (Lipinski definition) is 3. The first-order valence-corrected chi connectivity index (χ1v) is 10.5. The highest BCUT2D eigenvalue weighted by Gasteiger charge is 2.40. The van der Waals surface area contributed by atoms with Crippen LogP contribution in [-0.2, 0) is 9.59 Å². The number of benzene rings is 1. The van der Waals surface area contributed by atoms with Gasteiger partial charge in [0, 0.05) is 38.0 Å². The van der Waals surface area contributed by atoms with Crippen molar-refractivity contribution >= 4 is 11.8 Å². The minimum absolute atomic E-state index is 0.204. The lowest BCUT2D eigenvalue weighted by Crippen LogP contribution is -2.48. The first-order valence-electron chi connectivity index (χ1n) is 10.5. The van der Waals surface area contributed by atoms with Crippen LogP contribution >= 0.6 is 0 Å². The van der Waals surface area contributed by atoms with Crippen molar-refractivity contribution in [3.05, 3.63) is 30.3 Å². The van der Waals surface area contributed by atoms with Gasteiger partial charge in [-0.3, -0.25) is 9.59 Å². The van der Waals surface area contributed by atoms with Crippen LogP contribution in [0.15, 0.2) is 30.3 Å². The maximum Gasteiger partial charge on any atom is 0.225 e. The molecule has 2 bridgehead atoms. The van der Waals surface area contributed by atoms with Crippen LogP contribution in [0, 0.1) is 11.8 Å². The third kappa shape index (κ3) is 4.28. The average Bonchev–Trinajstić information content (AvgIpc) is 2.96. The molecule has 0 aromatic heterocycles. The Balaban J connectivity index is 1.27. The van der Waals surface area contributed by atoms with Crippen LogP contribution in [0.25, 0.3) is 0 Å². The molecule has 1 aromatic carbocycles. The Morgan fingerprint density at radius 2 is 1.81 bits per heavy atom. The number of hydrogen-bond donors (Lipinski definition) is 0. The van der Waals surface area contributed by atoms with E-state index in [0.29, 0.717) is 24.9 Å². The van der Waals surface area contributed by atoms with Gasteiger partial charge in [-0.1, -0.05) is 24.6 Å². The molecule has 4 aliphatic rings. The molecule has 0 radical (unpaired) electrons. The summed E-state index contributed by atoms with van der Waals surface area (Å²) in [6.45, 7) is 2.95. The number of rotatable bonds is 6. The highest BCUT2D eigenvalue weighted by molar-refractivity contribution is 5.80. The molecular formula is C22H30N2O3. The molecular weight excluding hydrogens is 340 g/mol. The number of nitrogens with zero attached hydrogens (tertiary/aromatic N) is 2. The van der Waals surface area contributed by atoms with Crippen LogP contribution in [0.3, 0.4) is 0 Å². The Hall–Kier alpha value is -2.04. The Bertz CT molecular complexity index is 659. The van der Waals surface area contributed by atoms with E-state index in [1.807, 2.05) is 30.3 Å². The van der Waals surface area contributed by atoms with Gasteiger partial charge in [0.15, 0.2) is 0 Å². The summed E-state index contributed by atoms with van der Waals surface area (Å²) in [4.78, 5) is 29.6. The number of amides is 2. The quantitative estimate of drug-likeness (QED) is 0.723. The molecule has 4 fully saturated rings. The monoisotopic (exact) mass is 370 g/mol. The summed E-state index contributed by atoms with van der Waals surface area (Å²) in [6, 6.07) is 9.93. The third-order valence-corrected chi connectivity index (χ3v) is 6.35. The van der Waals surface area contributed by atoms with Gasteiger partial charge in [-0.2, -0.15) is 0 Å². The van der Waals surface area contributed by atoms with Crippen molar-refractivity contribution in [2.24, 2.45) is 11.8 Å². The maximum absolute atomic E-state index is 12.8. The molecule has 1 aromatic rings. The molecule has 3 heterocycles. The van der Waals surface area contributed by atoms with E-state index < -0.39 is 0 Å². The van der Waals surface area contributed by atoms with Crippen LogP contribution in [0.2, 0.25) is 0 Å². The summed E-state index contributed by atoms with van der Waals surface area (Å²) in [6.07, 6.45) is 6.71. The number of carbonyl (C=O) groups is 2. The van der Waals surface area contributed by atoms with E-state index >= 15 is 0 Å². The number of piperidine rings is 1. The fourth-order valence-corrected chi connectivity index (χ4v) is 4.55. The molecule has 146 valence electrons. The predicted octanol–water partition coefficient (Wildman–Crippen LogP) is 3.10. The third-order valence-electron chi connectivity index (χ3n) is 6.35. The molecule has 5 nitrogen and oxygen atoms in total. The van der Waals surface area contributed by atoms with Gasteiger partial charge in [-0.25, -0.2) is 0 Å². The zero-order valence-corrected chi connectivity index (χ0v) is 16.0. The smallest absolute Gasteiger partial charge is 0.225 e. The van der Waals surface area contributed by atoms with Crippen LogP contribution in [-0.4, -0.2) is 53.9 Å². The van der Waals surface area contributed by atoms with E-state index in [1.54, 1.807) is 0 Å². The number of carbonyl (C=O) groups excluding carboxylic acids is 2. The summed E-state index contributed by atoms with van der Waals surface area (Å²) in [5.41, 5.74) is 0. The maximum atomic E-state index is 12.8. The molecule has 0 N–H and O–H groups in total. The van der Waals surface area contributed by atoms with E-state index in [-0.39, 0.29) is 17.9 Å². The number of fused-ring (bicyclic) bond motifs is 4. The lowest BCUT2D eigenvalue weighted by molar-refractivity contribution is -0.140. The second-order valence-electron chi connectivity index (χ2n) is 8.28. The molecule has 27 heavy (non-hydrogen) atoms. The zero-order chi connectivity index (χ0) is 18.6. The molecule has 5 rings (SSSR count). The second kappa shape index (κ2) is 8.32. The number of ether oxygens (including phenoxy) is 1. The first-order chi connectivity index (χ1) is 13.2. The van der Waals surface area contributed by atoms with Crippen molar-refractivity contribution in [2.45, 2.75) is 51.0 Å². The van der Waals surface area contributed by atoms with Crippen LogP contribution in [0.4, 0.5) is 0 Å². The summed E-state index contributed by atoms with van der Waals surface area (Å²) in [7, 11) is 0. The SMILES string of the molecule is O=C(C1CCC1)N1C[C@H]2CC[C@@H](C1)N(C(=O)CCCOc1ccccc1)C2. The average molecular weight is 370 g/mol. The lowest BCUT2D eigenvalue weighted by atomic mass is 9.84. The van der Waals surface area contributed by atoms with Crippen molar-refractivity contribution in [2.75, 3.05) is 26.2 Å². The zero-order valence-electron chi connectivity index (χ0n) is 16.0. The molecule has 5 heteroatoms. The van der Waals surface area contributed by atoms with Gasteiger partial charge in [-0.05, 0) is 50.2 Å². The minimum atomic E-state index is 0.204. The fraction of sp³-hybridized carbons (Fsp3) is 0.636. The van der Waals surface area contributed by atoms with Gasteiger partial charge in [0.2, 0.25) is 11.8 Å².